The minimum atomic E-state index is -0.937. The van der Waals surface area contributed by atoms with Crippen LogP contribution in [-0.4, -0.2) is 9.97 Å². The lowest BCUT2D eigenvalue weighted by atomic mass is 10.2. The van der Waals surface area contributed by atoms with E-state index < -0.39 is 11.6 Å². The minimum Gasteiger partial charge on any atom is -0.232 e. The first-order chi connectivity index (χ1) is 8.52. The smallest absolute Gasteiger partial charge is 0.161 e. The van der Waals surface area contributed by atoms with Crippen LogP contribution in [0, 0.1) is 11.6 Å². The summed E-state index contributed by atoms with van der Waals surface area (Å²) < 4.78 is 26.6. The van der Waals surface area contributed by atoms with E-state index in [2.05, 4.69) is 25.9 Å². The van der Waals surface area contributed by atoms with Crippen molar-refractivity contribution in [2.75, 3.05) is 0 Å². The van der Waals surface area contributed by atoms with E-state index in [9.17, 15) is 8.78 Å². The van der Waals surface area contributed by atoms with Crippen molar-refractivity contribution in [3.05, 3.63) is 45.2 Å². The lowest BCUT2D eigenvalue weighted by molar-refractivity contribution is 0.509. The Morgan fingerprint density at radius 3 is 2.56 bits per heavy atom. The molecule has 0 aliphatic rings. The van der Waals surface area contributed by atoms with E-state index in [0.29, 0.717) is 16.5 Å². The van der Waals surface area contributed by atoms with Gasteiger partial charge in [0, 0.05) is 5.56 Å². The first-order valence-electron chi connectivity index (χ1n) is 5.20. The van der Waals surface area contributed by atoms with Crippen LogP contribution in [0.2, 0.25) is 5.15 Å². The van der Waals surface area contributed by atoms with Crippen LogP contribution in [0.25, 0.3) is 11.4 Å². The van der Waals surface area contributed by atoms with E-state index in [1.807, 2.05) is 6.92 Å². The summed E-state index contributed by atoms with van der Waals surface area (Å²) in [5.41, 5.74) is 1.10. The van der Waals surface area contributed by atoms with Crippen molar-refractivity contribution in [1.82, 2.24) is 9.97 Å². The van der Waals surface area contributed by atoms with Crippen LogP contribution < -0.4 is 0 Å². The Balaban J connectivity index is 2.57. The maximum atomic E-state index is 13.2. The number of benzene rings is 1. The van der Waals surface area contributed by atoms with Crippen molar-refractivity contribution in [3.8, 4) is 11.4 Å². The molecule has 0 aliphatic heterocycles. The highest BCUT2D eigenvalue weighted by Gasteiger charge is 2.12. The first kappa shape index (κ1) is 13.4. The second kappa shape index (κ2) is 5.28. The molecule has 2 rings (SSSR count). The molecule has 0 saturated heterocycles. The lowest BCUT2D eigenvalue weighted by Gasteiger charge is -2.07. The molecular formula is C12H8BrClF2N2. The molecule has 2 aromatic rings. The van der Waals surface area contributed by atoms with E-state index in [1.165, 1.54) is 6.07 Å². The Morgan fingerprint density at radius 2 is 1.94 bits per heavy atom. The third-order valence-corrected chi connectivity index (χ3v) is 3.73. The van der Waals surface area contributed by atoms with Gasteiger partial charge in [-0.1, -0.05) is 18.5 Å². The van der Waals surface area contributed by atoms with E-state index >= 15 is 0 Å². The number of hydrogen-bond acceptors (Lipinski definition) is 2. The van der Waals surface area contributed by atoms with Crippen molar-refractivity contribution in [3.63, 3.8) is 0 Å². The molecule has 0 unspecified atom stereocenters. The Morgan fingerprint density at radius 1 is 1.22 bits per heavy atom. The average molecular weight is 334 g/mol. The summed E-state index contributed by atoms with van der Waals surface area (Å²) >= 11 is 9.24. The highest BCUT2D eigenvalue weighted by atomic mass is 79.9. The van der Waals surface area contributed by atoms with Gasteiger partial charge in [0.05, 0.1) is 10.2 Å². The molecular weight excluding hydrogens is 325 g/mol. The zero-order valence-corrected chi connectivity index (χ0v) is 11.7. The highest BCUT2D eigenvalue weighted by molar-refractivity contribution is 9.10. The fourth-order valence-corrected chi connectivity index (χ4v) is 2.11. The van der Waals surface area contributed by atoms with E-state index in [-0.39, 0.29) is 11.0 Å². The van der Waals surface area contributed by atoms with Gasteiger partial charge in [0.25, 0.3) is 0 Å². The van der Waals surface area contributed by atoms with Crippen molar-refractivity contribution in [2.45, 2.75) is 13.3 Å². The zero-order chi connectivity index (χ0) is 13.3. The molecule has 0 radical (unpaired) electrons. The SMILES string of the molecule is CCc1nc(-c2ccc(F)c(F)c2)nc(Cl)c1Br. The minimum absolute atomic E-state index is 0.251. The number of nitrogens with zero attached hydrogens (tertiary/aromatic N) is 2. The zero-order valence-electron chi connectivity index (χ0n) is 9.35. The average Bonchev–Trinajstić information content (AvgIpc) is 2.36. The molecule has 1 aromatic carbocycles. The molecule has 94 valence electrons. The molecule has 0 saturated carbocycles. The van der Waals surface area contributed by atoms with Gasteiger partial charge in [-0.05, 0) is 40.5 Å². The summed E-state index contributed by atoms with van der Waals surface area (Å²) in [6, 6.07) is 3.50. The molecule has 0 spiro atoms. The van der Waals surface area contributed by atoms with Crippen LogP contribution in [-0.2, 0) is 6.42 Å². The molecule has 2 nitrogen and oxygen atoms in total. The van der Waals surface area contributed by atoms with Crippen molar-refractivity contribution >= 4 is 27.5 Å². The number of aromatic nitrogens is 2. The van der Waals surface area contributed by atoms with Gasteiger partial charge < -0.3 is 0 Å². The normalized spacial score (nSPS) is 10.7. The van der Waals surface area contributed by atoms with Gasteiger partial charge in [0.15, 0.2) is 17.5 Å². The van der Waals surface area contributed by atoms with Gasteiger partial charge in [0.2, 0.25) is 0 Å². The second-order valence-electron chi connectivity index (χ2n) is 3.58. The third-order valence-electron chi connectivity index (χ3n) is 2.39. The second-order valence-corrected chi connectivity index (χ2v) is 4.73. The number of halogens is 4. The Bertz CT molecular complexity index is 605. The lowest BCUT2D eigenvalue weighted by Crippen LogP contribution is -1.98. The van der Waals surface area contributed by atoms with Gasteiger partial charge in [-0.15, -0.1) is 0 Å². The van der Waals surface area contributed by atoms with Crippen LogP contribution >= 0.6 is 27.5 Å². The van der Waals surface area contributed by atoms with Gasteiger partial charge in [-0.2, -0.15) is 0 Å². The van der Waals surface area contributed by atoms with E-state index in [4.69, 9.17) is 11.6 Å². The molecule has 1 heterocycles. The van der Waals surface area contributed by atoms with Crippen LogP contribution in [0.5, 0.6) is 0 Å². The Kier molecular flexibility index (Phi) is 3.92. The largest absolute Gasteiger partial charge is 0.232 e. The van der Waals surface area contributed by atoms with Gasteiger partial charge >= 0.3 is 0 Å². The summed E-state index contributed by atoms with van der Waals surface area (Å²) in [6.45, 7) is 1.92. The predicted octanol–water partition coefficient (Wildman–Crippen LogP) is 4.40. The summed E-state index contributed by atoms with van der Waals surface area (Å²) in [5.74, 6) is -1.56. The molecule has 0 fully saturated rings. The van der Waals surface area contributed by atoms with Gasteiger partial charge in [-0.3, -0.25) is 0 Å². The topological polar surface area (TPSA) is 25.8 Å². The molecule has 0 amide bonds. The molecule has 0 N–H and O–H groups in total. The Labute approximate surface area is 116 Å². The summed E-state index contributed by atoms with van der Waals surface area (Å²) in [4.78, 5) is 8.30. The van der Waals surface area contributed by atoms with Crippen molar-refractivity contribution < 1.29 is 8.78 Å². The fraction of sp³-hybridized carbons (Fsp3) is 0.167. The predicted molar refractivity (Wildman–Crippen MR) is 69.5 cm³/mol. The molecule has 6 heteroatoms. The first-order valence-corrected chi connectivity index (χ1v) is 6.37. The summed E-state index contributed by atoms with van der Waals surface area (Å²) in [7, 11) is 0. The van der Waals surface area contributed by atoms with Crippen molar-refractivity contribution in [1.29, 1.82) is 0 Å². The molecule has 1 aromatic heterocycles. The molecule has 18 heavy (non-hydrogen) atoms. The van der Waals surface area contributed by atoms with Crippen LogP contribution in [0.15, 0.2) is 22.7 Å². The molecule has 0 bridgehead atoms. The summed E-state index contributed by atoms with van der Waals surface area (Å²) in [6.07, 6.45) is 0.652. The van der Waals surface area contributed by atoms with E-state index in [0.717, 1.165) is 17.8 Å². The maximum Gasteiger partial charge on any atom is 0.161 e. The van der Waals surface area contributed by atoms with Crippen LogP contribution in [0.4, 0.5) is 8.78 Å². The standard InChI is InChI=1S/C12H8BrClF2N2/c1-2-9-10(13)11(14)18-12(17-9)6-3-4-7(15)8(16)5-6/h3-5H,2H2,1H3. The van der Waals surface area contributed by atoms with Gasteiger partial charge in [-0.25, -0.2) is 18.7 Å². The quantitative estimate of drug-likeness (QED) is 0.761. The summed E-state index contributed by atoms with van der Waals surface area (Å²) in [5, 5.41) is 0.251. The van der Waals surface area contributed by atoms with E-state index in [1.54, 1.807) is 0 Å². The maximum absolute atomic E-state index is 13.2. The number of hydrogen-bond donors (Lipinski definition) is 0. The van der Waals surface area contributed by atoms with Crippen molar-refractivity contribution in [2.24, 2.45) is 0 Å². The fourth-order valence-electron chi connectivity index (χ4n) is 1.46. The number of aryl methyl sites for hydroxylation is 1. The highest BCUT2D eigenvalue weighted by Crippen LogP contribution is 2.27. The van der Waals surface area contributed by atoms with Crippen LogP contribution in [0.1, 0.15) is 12.6 Å². The number of rotatable bonds is 2. The molecule has 0 aliphatic carbocycles. The monoisotopic (exact) mass is 332 g/mol. The third kappa shape index (κ3) is 2.52. The Hall–Kier alpha value is -1.07. The van der Waals surface area contributed by atoms with Gasteiger partial charge in [0.1, 0.15) is 5.15 Å². The molecule has 0 atom stereocenters. The van der Waals surface area contributed by atoms with Crippen LogP contribution in [0.3, 0.4) is 0 Å².